The van der Waals surface area contributed by atoms with Gasteiger partial charge in [0, 0.05) is 0 Å². The number of carbonyl (C=O) groups is 3. The van der Waals surface area contributed by atoms with E-state index in [1.54, 1.807) is 0 Å². The van der Waals surface area contributed by atoms with Crippen molar-refractivity contribution in [2.75, 3.05) is 13.7 Å². The number of methoxy groups -OCH3 is 1. The van der Waals surface area contributed by atoms with Gasteiger partial charge in [-0.05, 0) is 97.2 Å². The first-order chi connectivity index (χ1) is 27.5. The summed E-state index contributed by atoms with van der Waals surface area (Å²) in [5, 5.41) is 86.4. The molecule has 7 rings (SSSR count). The van der Waals surface area contributed by atoms with E-state index in [0.29, 0.717) is 51.4 Å². The Balaban J connectivity index is 1.19. The van der Waals surface area contributed by atoms with Crippen molar-refractivity contribution in [2.45, 2.75) is 173 Å². The van der Waals surface area contributed by atoms with E-state index in [9.17, 15) is 55.2 Å². The zero-order valence-electron chi connectivity index (χ0n) is 35.2. The summed E-state index contributed by atoms with van der Waals surface area (Å²) in [6.07, 6.45) is -11.0. The third-order valence-electron chi connectivity index (χ3n) is 17.4. The van der Waals surface area contributed by atoms with E-state index in [-0.39, 0.29) is 28.6 Å². The number of esters is 1. The zero-order valence-corrected chi connectivity index (χ0v) is 35.2. The normalized spacial score (nSPS) is 53.1. The summed E-state index contributed by atoms with van der Waals surface area (Å²) in [5.41, 5.74) is -2.60. The lowest BCUT2D eigenvalue weighted by molar-refractivity contribution is -0.373. The molecule has 0 unspecified atom stereocenters. The number of allylic oxidation sites excluding steroid dienone is 2. The standard InChI is InChI=1S/C43H66O16/c1-38(2)14-15-43(37(53)54)21(16-38)20-8-9-24-39(3)12-11-26(40(4,19-45)23(39)10-13-41(24,5)42(20,6)17-25(43)46)57-36-33(30(50)29(49)32(58-36)34(52)55-7)59-35-31(51)28(48)27(47)22(18-44)56-35/h8,19,21-33,35-36,44,46-51H,9-18H2,1-7H3,(H,53,54)/t21-,22+,23+,24+,25+,26-,27-,28-,29-,30-,31+,32-,33+,35-,36+,39-,40-,41+,42+,43+/m0/s1. The van der Waals surface area contributed by atoms with Gasteiger partial charge in [0.15, 0.2) is 18.7 Å². The monoisotopic (exact) mass is 838 g/mol. The number of aliphatic carboxylic acids is 1. The molecule has 2 heterocycles. The summed E-state index contributed by atoms with van der Waals surface area (Å²) in [6.45, 7) is 12.2. The molecular weight excluding hydrogens is 772 g/mol. The number of carboxylic acid groups (broad SMARTS) is 1. The maximum absolute atomic E-state index is 13.6. The summed E-state index contributed by atoms with van der Waals surface area (Å²) in [6, 6.07) is 0. The molecule has 59 heavy (non-hydrogen) atoms. The largest absolute Gasteiger partial charge is 0.481 e. The van der Waals surface area contributed by atoms with Gasteiger partial charge in [-0.2, -0.15) is 0 Å². The minimum absolute atomic E-state index is 0.0535. The van der Waals surface area contributed by atoms with Gasteiger partial charge in [0.1, 0.15) is 54.4 Å². The van der Waals surface area contributed by atoms with E-state index >= 15 is 0 Å². The highest BCUT2D eigenvalue weighted by Crippen LogP contribution is 2.76. The van der Waals surface area contributed by atoms with Crippen LogP contribution >= 0.6 is 0 Å². The first-order valence-electron chi connectivity index (χ1n) is 21.3. The van der Waals surface area contributed by atoms with Crippen molar-refractivity contribution in [3.63, 3.8) is 0 Å². The molecule has 16 nitrogen and oxygen atoms in total. The Bertz CT molecular complexity index is 1670. The van der Waals surface area contributed by atoms with Gasteiger partial charge in [0.05, 0.1) is 31.3 Å². The number of carboxylic acids is 1. The molecule has 6 fully saturated rings. The second-order valence-electron chi connectivity index (χ2n) is 20.7. The van der Waals surface area contributed by atoms with Crippen LogP contribution in [-0.4, -0.2) is 146 Å². The molecule has 0 aromatic carbocycles. The van der Waals surface area contributed by atoms with Crippen molar-refractivity contribution >= 4 is 18.2 Å². The molecule has 0 aromatic rings. The molecule has 2 aliphatic heterocycles. The Kier molecular flexibility index (Phi) is 11.7. The lowest BCUT2D eigenvalue weighted by atomic mass is 9.33. The Morgan fingerprint density at radius 3 is 2.14 bits per heavy atom. The molecule has 4 saturated carbocycles. The highest BCUT2D eigenvalue weighted by molar-refractivity contribution is 5.78. The van der Waals surface area contributed by atoms with E-state index < -0.39 is 114 Å². The molecule has 7 aliphatic rings. The Morgan fingerprint density at radius 2 is 1.51 bits per heavy atom. The second-order valence-corrected chi connectivity index (χ2v) is 20.7. The van der Waals surface area contributed by atoms with Crippen molar-refractivity contribution in [2.24, 2.45) is 50.2 Å². The summed E-state index contributed by atoms with van der Waals surface area (Å²) in [5.74, 6) is -2.43. The molecular formula is C43H66O16. The number of rotatable bonds is 8. The maximum Gasteiger partial charge on any atom is 0.337 e. The van der Waals surface area contributed by atoms with E-state index in [1.807, 2.05) is 6.92 Å². The first kappa shape index (κ1) is 44.9. The van der Waals surface area contributed by atoms with Crippen LogP contribution in [0.4, 0.5) is 0 Å². The first-order valence-corrected chi connectivity index (χ1v) is 21.3. The quantitative estimate of drug-likeness (QED) is 0.0740. The summed E-state index contributed by atoms with van der Waals surface area (Å²) in [4.78, 5) is 39.5. The summed E-state index contributed by atoms with van der Waals surface area (Å²) < 4.78 is 28.9. The van der Waals surface area contributed by atoms with Gasteiger partial charge in [-0.25, -0.2) is 4.79 Å². The van der Waals surface area contributed by atoms with Crippen molar-refractivity contribution in [3.8, 4) is 0 Å². The van der Waals surface area contributed by atoms with Gasteiger partial charge >= 0.3 is 11.9 Å². The molecule has 0 radical (unpaired) electrons. The zero-order chi connectivity index (χ0) is 43.4. The number of aliphatic hydroxyl groups excluding tert-OH is 7. The SMILES string of the molecule is COC(=O)[C@H]1O[C@@H](O[C@H]2CC[C@]3(C)[C@H]4CC=C5[C@@H]6CC(C)(C)CC[C@]6(C(=O)O)[C@H](O)C[C@@]5(C)[C@]4(C)CC[C@H]3[C@]2(C)C=O)[C@H](O[C@@H]2O[C@H](CO)[C@H](O)[C@H](O)[C@H]2O)[C@@H](O)[C@@H]1O. The fraction of sp³-hybridized carbons (Fsp3) is 0.884. The number of aldehydes is 1. The van der Waals surface area contributed by atoms with Crippen LogP contribution in [0.25, 0.3) is 0 Å². The maximum atomic E-state index is 13.6. The predicted molar refractivity (Wildman–Crippen MR) is 205 cm³/mol. The molecule has 8 N–H and O–H groups in total. The average molecular weight is 839 g/mol. The number of hydrogen-bond donors (Lipinski definition) is 8. The van der Waals surface area contributed by atoms with Crippen LogP contribution in [0.2, 0.25) is 0 Å². The third kappa shape index (κ3) is 6.52. The third-order valence-corrected chi connectivity index (χ3v) is 17.4. The van der Waals surface area contributed by atoms with E-state index in [0.717, 1.165) is 25.4 Å². The Hall–Kier alpha value is -2.09. The summed E-state index contributed by atoms with van der Waals surface area (Å²) in [7, 11) is 1.08. The fourth-order valence-electron chi connectivity index (χ4n) is 13.7. The van der Waals surface area contributed by atoms with E-state index in [4.69, 9.17) is 23.7 Å². The molecule has 0 amide bonds. The number of aliphatic hydroxyl groups is 7. The lowest BCUT2D eigenvalue weighted by Crippen LogP contribution is -2.68. The minimum Gasteiger partial charge on any atom is -0.481 e. The molecule has 2 saturated heterocycles. The van der Waals surface area contributed by atoms with Crippen LogP contribution in [0.5, 0.6) is 0 Å². The van der Waals surface area contributed by atoms with Crippen LogP contribution in [0.15, 0.2) is 11.6 Å². The Morgan fingerprint density at radius 1 is 0.814 bits per heavy atom. The smallest absolute Gasteiger partial charge is 0.337 e. The van der Waals surface area contributed by atoms with Gasteiger partial charge in [0.2, 0.25) is 0 Å². The van der Waals surface area contributed by atoms with Crippen LogP contribution < -0.4 is 0 Å². The van der Waals surface area contributed by atoms with E-state index in [2.05, 4.69) is 40.7 Å². The van der Waals surface area contributed by atoms with Gasteiger partial charge in [-0.1, -0.05) is 53.2 Å². The van der Waals surface area contributed by atoms with Crippen LogP contribution in [0, 0.1) is 50.2 Å². The van der Waals surface area contributed by atoms with Crippen LogP contribution in [-0.2, 0) is 38.1 Å². The summed E-state index contributed by atoms with van der Waals surface area (Å²) >= 11 is 0. The highest BCUT2D eigenvalue weighted by atomic mass is 16.8. The molecule has 334 valence electrons. The molecule has 0 aromatic heterocycles. The predicted octanol–water partition coefficient (Wildman–Crippen LogP) is 1.21. The van der Waals surface area contributed by atoms with Crippen molar-refractivity contribution < 1.29 is 78.9 Å². The Labute approximate surface area is 345 Å². The topological polar surface area (TPSA) is 259 Å². The highest BCUT2D eigenvalue weighted by Gasteiger charge is 2.72. The molecule has 16 heteroatoms. The van der Waals surface area contributed by atoms with Gasteiger partial charge in [-0.3, -0.25) is 4.79 Å². The lowest BCUT2D eigenvalue weighted by Gasteiger charge is -2.71. The number of fused-ring (bicyclic) bond motifs is 7. The van der Waals surface area contributed by atoms with Gasteiger partial charge in [-0.15, -0.1) is 0 Å². The average Bonchev–Trinajstić information content (AvgIpc) is 3.18. The van der Waals surface area contributed by atoms with Crippen LogP contribution in [0.1, 0.15) is 99.3 Å². The fourth-order valence-corrected chi connectivity index (χ4v) is 13.7. The molecule has 0 bridgehead atoms. The van der Waals surface area contributed by atoms with Crippen molar-refractivity contribution in [1.29, 1.82) is 0 Å². The second kappa shape index (κ2) is 15.3. The number of hydrogen-bond acceptors (Lipinski definition) is 15. The van der Waals surface area contributed by atoms with Crippen molar-refractivity contribution in [1.82, 2.24) is 0 Å². The van der Waals surface area contributed by atoms with Crippen molar-refractivity contribution in [3.05, 3.63) is 11.6 Å². The molecule has 20 atom stereocenters. The van der Waals surface area contributed by atoms with Crippen LogP contribution in [0.3, 0.4) is 0 Å². The van der Waals surface area contributed by atoms with Gasteiger partial charge < -0.3 is 69.3 Å². The molecule has 5 aliphatic carbocycles. The van der Waals surface area contributed by atoms with Gasteiger partial charge in [0.25, 0.3) is 0 Å². The molecule has 0 spiro atoms. The minimum atomic E-state index is -1.90. The van der Waals surface area contributed by atoms with E-state index in [1.165, 1.54) is 0 Å². The number of carbonyl (C=O) groups excluding carboxylic acids is 2. The number of ether oxygens (including phenoxy) is 5.